The summed E-state index contributed by atoms with van der Waals surface area (Å²) in [6, 6.07) is 0. The van der Waals surface area contributed by atoms with Crippen molar-refractivity contribution in [3.8, 4) is 0 Å². The number of rotatable bonds is 0. The molecule has 0 amide bonds. The quantitative estimate of drug-likeness (QED) is 0.437. The van der Waals surface area contributed by atoms with E-state index >= 15 is 0 Å². The third-order valence-corrected chi connectivity index (χ3v) is 0. The van der Waals surface area contributed by atoms with Crippen LogP contribution in [0.4, 0.5) is 0 Å². The molecule has 0 radical (unpaired) electrons. The van der Waals surface area contributed by atoms with Crippen LogP contribution < -0.4 is 0 Å². The van der Waals surface area contributed by atoms with Crippen molar-refractivity contribution >= 4 is 49.1 Å². The van der Waals surface area contributed by atoms with E-state index in [1.54, 1.807) is 0 Å². The Labute approximate surface area is 52.8 Å². The molecule has 0 atom stereocenters. The molecule has 28 valence electrons. The summed E-state index contributed by atoms with van der Waals surface area (Å²) in [5, 5.41) is 0. The molecule has 0 heterocycles. The van der Waals surface area contributed by atoms with Gasteiger partial charge in [0.05, 0.1) is 0 Å². The number of alkyl halides is 1. The fourth-order valence-electron chi connectivity index (χ4n) is 0. The minimum absolute atomic E-state index is 0.323. The normalized spacial score (nSPS) is 11.2. The van der Waals surface area contributed by atoms with Crippen molar-refractivity contribution in [2.45, 2.75) is 0 Å². The van der Waals surface area contributed by atoms with Crippen LogP contribution in [0.25, 0.3) is 0 Å². The predicted octanol–water partition coefficient (Wildman–Crippen LogP) is 2.82. The Kier molecular flexibility index (Phi) is 5.23. The van der Waals surface area contributed by atoms with Gasteiger partial charge in [0, 0.05) is 0 Å². The van der Waals surface area contributed by atoms with Crippen LogP contribution in [0.5, 0.6) is 0 Å². The first kappa shape index (κ1) is 6.19. The molecule has 0 unspecified atom stereocenters. The van der Waals surface area contributed by atoms with Crippen molar-refractivity contribution in [1.82, 2.24) is 0 Å². The van der Waals surface area contributed by atoms with Gasteiger partial charge in [-0.05, 0) is 0 Å². The molecule has 0 saturated heterocycles. The van der Waals surface area contributed by atoms with E-state index in [-0.39, 0.29) is 11.9 Å². The Morgan fingerprint density at radius 1 is 1.50 bits per heavy atom. The molecule has 0 aliphatic rings. The second kappa shape index (κ2) is 3.38. The summed E-state index contributed by atoms with van der Waals surface area (Å²) in [6.07, 6.45) is 0. The van der Waals surface area contributed by atoms with Gasteiger partial charge in [0.1, 0.15) is 0 Å². The van der Waals surface area contributed by atoms with Crippen LogP contribution in [0, 0.1) is 0 Å². The van der Waals surface area contributed by atoms with Gasteiger partial charge in [0.15, 0.2) is 0 Å². The van der Waals surface area contributed by atoms with Crippen molar-refractivity contribution in [3.63, 3.8) is 0 Å². The first-order valence-corrected chi connectivity index (χ1v) is 15.4. The minimum atomic E-state index is -0.323. The number of halogens is 3. The Bertz CT molecular complexity index is 8.00. The van der Waals surface area contributed by atoms with E-state index in [4.69, 9.17) is 0 Å². The molecule has 0 aliphatic carbocycles. The average molecular weight is 396 g/mol. The summed E-state index contributed by atoms with van der Waals surface area (Å²) in [6.45, 7) is 0. The summed E-state index contributed by atoms with van der Waals surface area (Å²) in [5.74, 6) is 0. The van der Waals surface area contributed by atoms with Gasteiger partial charge in [-0.2, -0.15) is 0 Å². The monoisotopic (exact) mass is 396 g/mol. The first-order chi connectivity index (χ1) is 1.73. The van der Waals surface area contributed by atoms with Crippen molar-refractivity contribution in [3.05, 3.63) is 0 Å². The standard InChI is InChI=1S/CH3I3/c1-4(2)3/h1H3. The maximum atomic E-state index is 2.49. The van der Waals surface area contributed by atoms with Crippen LogP contribution in [0.1, 0.15) is 0 Å². The van der Waals surface area contributed by atoms with Crippen molar-refractivity contribution < 1.29 is 0 Å². The van der Waals surface area contributed by atoms with Crippen LogP contribution in [0.15, 0.2) is 0 Å². The zero-order valence-corrected chi connectivity index (χ0v) is 8.61. The average Bonchev–Trinajstić information content (AvgIpc) is 0.811. The molecule has 0 fully saturated rings. The molecule has 0 aromatic rings. The molecular formula is CH3I3. The molecular weight excluding hydrogens is 393 g/mol. The Morgan fingerprint density at radius 3 is 1.50 bits per heavy atom. The van der Waals surface area contributed by atoms with Crippen molar-refractivity contribution in [1.29, 1.82) is 0 Å². The molecule has 0 aliphatic heterocycles. The van der Waals surface area contributed by atoms with E-state index < -0.39 is 0 Å². The van der Waals surface area contributed by atoms with Gasteiger partial charge < -0.3 is 0 Å². The summed E-state index contributed by atoms with van der Waals surface area (Å²) >= 11 is 4.65. The molecule has 0 nitrogen and oxygen atoms in total. The third-order valence-electron chi connectivity index (χ3n) is 0. The van der Waals surface area contributed by atoms with Gasteiger partial charge in [-0.1, -0.05) is 0 Å². The summed E-state index contributed by atoms with van der Waals surface area (Å²) in [5.41, 5.74) is 0. The van der Waals surface area contributed by atoms with Crippen LogP contribution in [-0.4, -0.2) is 4.93 Å². The van der Waals surface area contributed by atoms with E-state index in [0.717, 1.165) is 0 Å². The zero-order valence-electron chi connectivity index (χ0n) is 2.13. The number of hydrogen-bond acceptors (Lipinski definition) is 0. The molecule has 0 aromatic heterocycles. The van der Waals surface area contributed by atoms with E-state index in [1.165, 1.54) is 0 Å². The summed E-state index contributed by atoms with van der Waals surface area (Å²) in [4.78, 5) is 2.30. The molecule has 4 heavy (non-hydrogen) atoms. The topological polar surface area (TPSA) is 0 Å². The van der Waals surface area contributed by atoms with E-state index in [0.29, 0.717) is 0 Å². The van der Waals surface area contributed by atoms with Gasteiger partial charge in [-0.15, -0.1) is 0 Å². The second-order valence-corrected chi connectivity index (χ2v) is 29.2. The maximum absolute atomic E-state index is 2.49. The third kappa shape index (κ3) is 8.89. The number of hydrogen-bond donors (Lipinski definition) is 0. The molecule has 0 saturated carbocycles. The molecule has 0 spiro atoms. The van der Waals surface area contributed by atoms with E-state index in [1.807, 2.05) is 0 Å². The van der Waals surface area contributed by atoms with Gasteiger partial charge in [-0.25, -0.2) is 0 Å². The zero-order chi connectivity index (χ0) is 3.58. The predicted molar refractivity (Wildman–Crippen MR) is 48.0 cm³/mol. The molecule has 0 bridgehead atoms. The summed E-state index contributed by atoms with van der Waals surface area (Å²) in [7, 11) is 0. The van der Waals surface area contributed by atoms with Crippen molar-refractivity contribution in [2.75, 3.05) is 4.93 Å². The molecule has 0 rings (SSSR count). The second-order valence-electron chi connectivity index (χ2n) is 0.340. The Morgan fingerprint density at radius 2 is 1.50 bits per heavy atom. The van der Waals surface area contributed by atoms with Crippen LogP contribution >= 0.6 is 49.1 Å². The van der Waals surface area contributed by atoms with E-state index in [9.17, 15) is 0 Å². The molecule has 3 heteroatoms. The van der Waals surface area contributed by atoms with Gasteiger partial charge in [0.2, 0.25) is 0 Å². The van der Waals surface area contributed by atoms with Gasteiger partial charge >= 0.3 is 54.0 Å². The SMILES string of the molecule is CI(I)I. The Balaban J connectivity index is 2.32. The van der Waals surface area contributed by atoms with E-state index in [2.05, 4.69) is 42.2 Å². The molecule has 0 N–H and O–H groups in total. The molecule has 0 aromatic carbocycles. The van der Waals surface area contributed by atoms with Crippen molar-refractivity contribution in [2.24, 2.45) is 0 Å². The van der Waals surface area contributed by atoms with Gasteiger partial charge in [-0.3, -0.25) is 0 Å². The first-order valence-electron chi connectivity index (χ1n) is 0.664. The fraction of sp³-hybridized carbons (Fsp3) is 1.00. The van der Waals surface area contributed by atoms with Gasteiger partial charge in [0.25, 0.3) is 0 Å². The fourth-order valence-corrected chi connectivity index (χ4v) is 0. The van der Waals surface area contributed by atoms with Crippen LogP contribution in [0.2, 0.25) is 0 Å². The Hall–Kier alpha value is 2.19. The van der Waals surface area contributed by atoms with Crippen LogP contribution in [-0.2, 0) is 0 Å². The van der Waals surface area contributed by atoms with Crippen LogP contribution in [0.3, 0.4) is 0 Å². The summed E-state index contributed by atoms with van der Waals surface area (Å²) < 4.78 is 0.